The summed E-state index contributed by atoms with van der Waals surface area (Å²) in [6.45, 7) is 0.749. The summed E-state index contributed by atoms with van der Waals surface area (Å²) in [5.74, 6) is 0.569. The van der Waals surface area contributed by atoms with Gasteiger partial charge in [0.05, 0.1) is 13.7 Å². The second-order valence-corrected chi connectivity index (χ2v) is 4.07. The molecule has 3 rings (SSSR count). The largest absolute Gasteiger partial charge is 0.479 e. The van der Waals surface area contributed by atoms with Crippen LogP contribution in [0.3, 0.4) is 0 Å². The van der Waals surface area contributed by atoms with Gasteiger partial charge >= 0.3 is 0 Å². The molecule has 90 valence electrons. The van der Waals surface area contributed by atoms with Crippen LogP contribution < -0.4 is 4.74 Å². The molecule has 0 saturated heterocycles. The van der Waals surface area contributed by atoms with Crippen molar-refractivity contribution in [2.45, 2.75) is 6.54 Å². The van der Waals surface area contributed by atoms with Crippen LogP contribution in [0.15, 0.2) is 48.8 Å². The Morgan fingerprint density at radius 1 is 1.17 bits per heavy atom. The number of hydrogen-bond acceptors (Lipinski definition) is 3. The van der Waals surface area contributed by atoms with E-state index in [1.54, 1.807) is 13.3 Å². The van der Waals surface area contributed by atoms with E-state index in [2.05, 4.69) is 22.2 Å². The van der Waals surface area contributed by atoms with Gasteiger partial charge in [0.2, 0.25) is 5.88 Å². The molecule has 4 nitrogen and oxygen atoms in total. The average Bonchev–Trinajstić information content (AvgIpc) is 2.82. The van der Waals surface area contributed by atoms with Gasteiger partial charge in [-0.25, -0.2) is 4.98 Å². The van der Waals surface area contributed by atoms with Gasteiger partial charge in [-0.05, 0) is 11.6 Å². The van der Waals surface area contributed by atoms with E-state index in [1.807, 2.05) is 35.1 Å². The number of fused-ring (bicyclic) bond motifs is 1. The van der Waals surface area contributed by atoms with Crippen LogP contribution in [0.1, 0.15) is 5.56 Å². The Bertz CT molecular complexity index is 661. The molecule has 0 amide bonds. The molecule has 0 fully saturated rings. The van der Waals surface area contributed by atoms with E-state index in [0.717, 1.165) is 17.4 Å². The third-order valence-corrected chi connectivity index (χ3v) is 2.82. The van der Waals surface area contributed by atoms with Crippen LogP contribution in [0.25, 0.3) is 10.9 Å². The van der Waals surface area contributed by atoms with E-state index in [-0.39, 0.29) is 0 Å². The van der Waals surface area contributed by atoms with E-state index >= 15 is 0 Å². The van der Waals surface area contributed by atoms with Gasteiger partial charge in [-0.1, -0.05) is 30.3 Å². The lowest BCUT2D eigenvalue weighted by molar-refractivity contribution is 0.402. The third-order valence-electron chi connectivity index (χ3n) is 2.82. The van der Waals surface area contributed by atoms with Gasteiger partial charge in [-0.3, -0.25) is 4.68 Å². The van der Waals surface area contributed by atoms with Crippen molar-refractivity contribution in [2.75, 3.05) is 7.11 Å². The summed E-state index contributed by atoms with van der Waals surface area (Å²) in [5.41, 5.74) is 2.02. The number of aromatic nitrogens is 3. The predicted molar refractivity (Wildman–Crippen MR) is 69.6 cm³/mol. The van der Waals surface area contributed by atoms with Crippen LogP contribution >= 0.6 is 0 Å². The first-order valence-electron chi connectivity index (χ1n) is 5.77. The van der Waals surface area contributed by atoms with E-state index < -0.39 is 0 Å². The molecule has 0 saturated carbocycles. The first-order valence-corrected chi connectivity index (χ1v) is 5.77. The van der Waals surface area contributed by atoms with Crippen molar-refractivity contribution < 1.29 is 4.74 Å². The number of benzene rings is 1. The van der Waals surface area contributed by atoms with Crippen LogP contribution in [0, 0.1) is 0 Å². The molecule has 0 atom stereocenters. The fraction of sp³-hybridized carbons (Fsp3) is 0.143. The summed E-state index contributed by atoms with van der Waals surface area (Å²) in [6.07, 6.45) is 3.74. The molecule has 3 aromatic rings. The monoisotopic (exact) mass is 239 g/mol. The molecule has 2 aromatic heterocycles. The van der Waals surface area contributed by atoms with Crippen molar-refractivity contribution in [1.29, 1.82) is 0 Å². The predicted octanol–water partition coefficient (Wildman–Crippen LogP) is 2.49. The molecule has 0 N–H and O–H groups in total. The van der Waals surface area contributed by atoms with Gasteiger partial charge in [0.25, 0.3) is 0 Å². The smallest absolute Gasteiger partial charge is 0.242 e. The van der Waals surface area contributed by atoms with Crippen molar-refractivity contribution in [3.63, 3.8) is 0 Å². The Kier molecular flexibility index (Phi) is 2.68. The van der Waals surface area contributed by atoms with Gasteiger partial charge in [-0.2, -0.15) is 5.10 Å². The Morgan fingerprint density at radius 2 is 2.00 bits per heavy atom. The second-order valence-electron chi connectivity index (χ2n) is 4.07. The van der Waals surface area contributed by atoms with Gasteiger partial charge < -0.3 is 4.74 Å². The van der Waals surface area contributed by atoms with Crippen molar-refractivity contribution in [1.82, 2.24) is 14.8 Å². The van der Waals surface area contributed by atoms with Crippen LogP contribution in [0.4, 0.5) is 0 Å². The molecule has 0 aliphatic carbocycles. The number of hydrogen-bond donors (Lipinski definition) is 0. The minimum Gasteiger partial charge on any atom is -0.479 e. The first kappa shape index (κ1) is 10.8. The molecule has 2 heterocycles. The summed E-state index contributed by atoms with van der Waals surface area (Å²) >= 11 is 0. The second kappa shape index (κ2) is 4.49. The maximum atomic E-state index is 5.20. The SMILES string of the molecule is COc1nccc2cn(Cc3ccccc3)nc12. The van der Waals surface area contributed by atoms with Crippen molar-refractivity contribution in [3.8, 4) is 5.88 Å². The first-order chi connectivity index (χ1) is 8.86. The number of nitrogens with zero attached hydrogens (tertiary/aromatic N) is 3. The fourth-order valence-electron chi connectivity index (χ4n) is 1.97. The minimum atomic E-state index is 0.569. The Labute approximate surface area is 105 Å². The van der Waals surface area contributed by atoms with Crippen molar-refractivity contribution in [2.24, 2.45) is 0 Å². The lowest BCUT2D eigenvalue weighted by Gasteiger charge is -2.00. The number of methoxy groups -OCH3 is 1. The maximum Gasteiger partial charge on any atom is 0.242 e. The van der Waals surface area contributed by atoms with Crippen LogP contribution in [0.2, 0.25) is 0 Å². The normalized spacial score (nSPS) is 10.7. The number of ether oxygens (including phenoxy) is 1. The summed E-state index contributed by atoms with van der Waals surface area (Å²) in [6, 6.07) is 12.2. The summed E-state index contributed by atoms with van der Waals surface area (Å²) in [7, 11) is 1.61. The van der Waals surface area contributed by atoms with Gasteiger partial charge in [0.1, 0.15) is 0 Å². The molecular formula is C14H13N3O. The average molecular weight is 239 g/mol. The highest BCUT2D eigenvalue weighted by Gasteiger charge is 2.07. The molecular weight excluding hydrogens is 226 g/mol. The summed E-state index contributed by atoms with van der Waals surface area (Å²) in [5, 5.41) is 5.55. The zero-order chi connectivity index (χ0) is 12.4. The third kappa shape index (κ3) is 1.93. The van der Waals surface area contributed by atoms with E-state index in [0.29, 0.717) is 5.88 Å². The van der Waals surface area contributed by atoms with Gasteiger partial charge in [-0.15, -0.1) is 0 Å². The summed E-state index contributed by atoms with van der Waals surface area (Å²) in [4.78, 5) is 4.15. The van der Waals surface area contributed by atoms with E-state index in [9.17, 15) is 0 Å². The molecule has 0 radical (unpaired) electrons. The Morgan fingerprint density at radius 3 is 2.78 bits per heavy atom. The van der Waals surface area contributed by atoms with E-state index in [1.165, 1.54) is 5.56 Å². The molecule has 0 aliphatic rings. The van der Waals surface area contributed by atoms with Crippen LogP contribution in [0.5, 0.6) is 5.88 Å². The highest BCUT2D eigenvalue weighted by Crippen LogP contribution is 2.20. The molecule has 1 aromatic carbocycles. The van der Waals surface area contributed by atoms with Crippen LogP contribution in [-0.4, -0.2) is 21.9 Å². The fourth-order valence-corrected chi connectivity index (χ4v) is 1.97. The topological polar surface area (TPSA) is 39.9 Å². The molecule has 0 spiro atoms. The van der Waals surface area contributed by atoms with Gasteiger partial charge in [0, 0.05) is 17.8 Å². The quantitative estimate of drug-likeness (QED) is 0.705. The Hall–Kier alpha value is -2.36. The molecule has 0 bridgehead atoms. The number of rotatable bonds is 3. The highest BCUT2D eigenvalue weighted by molar-refractivity contribution is 5.82. The minimum absolute atomic E-state index is 0.569. The molecule has 18 heavy (non-hydrogen) atoms. The summed E-state index contributed by atoms with van der Waals surface area (Å²) < 4.78 is 7.11. The zero-order valence-corrected chi connectivity index (χ0v) is 10.1. The van der Waals surface area contributed by atoms with E-state index in [4.69, 9.17) is 4.74 Å². The molecule has 4 heteroatoms. The maximum absolute atomic E-state index is 5.20. The molecule has 0 unspecified atom stereocenters. The van der Waals surface area contributed by atoms with Crippen molar-refractivity contribution in [3.05, 3.63) is 54.4 Å². The Balaban J connectivity index is 1.99. The highest BCUT2D eigenvalue weighted by atomic mass is 16.5. The zero-order valence-electron chi connectivity index (χ0n) is 10.1. The molecule has 0 aliphatic heterocycles. The van der Waals surface area contributed by atoms with Crippen LogP contribution in [-0.2, 0) is 6.54 Å². The lowest BCUT2D eigenvalue weighted by atomic mass is 10.2. The van der Waals surface area contributed by atoms with Gasteiger partial charge in [0.15, 0.2) is 5.52 Å². The number of pyridine rings is 1. The standard InChI is InChI=1S/C14H13N3O/c1-18-14-13-12(7-8-15-14)10-17(16-13)9-11-5-3-2-4-6-11/h2-8,10H,9H2,1H3. The lowest BCUT2D eigenvalue weighted by Crippen LogP contribution is -1.99. The van der Waals surface area contributed by atoms with Crippen molar-refractivity contribution >= 4 is 10.9 Å².